The molecular formula is C32H26BrN3O4S. The second kappa shape index (κ2) is 12.1. The Hall–Kier alpha value is -4.26. The molecule has 0 atom stereocenters. The van der Waals surface area contributed by atoms with Crippen LogP contribution in [0.1, 0.15) is 40.2 Å². The summed E-state index contributed by atoms with van der Waals surface area (Å²) in [7, 11) is 0. The van der Waals surface area contributed by atoms with E-state index in [1.54, 1.807) is 28.8 Å². The molecule has 2 aromatic heterocycles. The highest BCUT2D eigenvalue weighted by Crippen LogP contribution is 2.27. The number of nitriles is 1. The van der Waals surface area contributed by atoms with Crippen LogP contribution >= 0.6 is 27.3 Å². The highest BCUT2D eigenvalue weighted by atomic mass is 79.9. The van der Waals surface area contributed by atoms with Crippen molar-refractivity contribution in [3.8, 4) is 22.9 Å². The van der Waals surface area contributed by atoms with Crippen molar-refractivity contribution in [3.05, 3.63) is 120 Å². The predicted molar refractivity (Wildman–Crippen MR) is 165 cm³/mol. The molecule has 0 amide bonds. The third-order valence-corrected chi connectivity index (χ3v) is 8.73. The molecule has 0 saturated carbocycles. The first-order valence-electron chi connectivity index (χ1n) is 13.1. The normalized spacial score (nSPS) is 11.0. The number of rotatable bonds is 9. The number of aryl methyl sites for hydroxylation is 1. The smallest absolute Gasteiger partial charge is 0.332 e. The zero-order valence-corrected chi connectivity index (χ0v) is 24.9. The lowest BCUT2D eigenvalue weighted by atomic mass is 9.99. The molecule has 0 aliphatic heterocycles. The summed E-state index contributed by atoms with van der Waals surface area (Å²) in [6.07, 6.45) is 0.721. The number of nitrogens with zero attached hydrogens (tertiary/aromatic N) is 3. The molecule has 0 aliphatic rings. The summed E-state index contributed by atoms with van der Waals surface area (Å²) in [4.78, 5) is 42.0. The number of benzene rings is 3. The van der Waals surface area contributed by atoms with Crippen LogP contribution in [0.25, 0.3) is 21.3 Å². The Morgan fingerprint density at radius 1 is 1.00 bits per heavy atom. The Labute approximate surface area is 249 Å². The molecule has 2 heterocycles. The Morgan fingerprint density at radius 3 is 2.44 bits per heavy atom. The van der Waals surface area contributed by atoms with Gasteiger partial charge < -0.3 is 4.74 Å². The van der Waals surface area contributed by atoms with Gasteiger partial charge in [0.25, 0.3) is 5.56 Å². The number of aromatic nitrogens is 2. The fourth-order valence-corrected chi connectivity index (χ4v) is 6.26. The molecule has 41 heavy (non-hydrogen) atoms. The minimum Gasteiger partial charge on any atom is -0.493 e. The first kappa shape index (κ1) is 28.3. The second-order valence-electron chi connectivity index (χ2n) is 9.40. The lowest BCUT2D eigenvalue weighted by Gasteiger charge is -2.13. The van der Waals surface area contributed by atoms with Gasteiger partial charge in [-0.3, -0.25) is 18.7 Å². The quantitative estimate of drug-likeness (QED) is 0.176. The van der Waals surface area contributed by atoms with E-state index in [2.05, 4.69) is 22.0 Å². The third-order valence-electron chi connectivity index (χ3n) is 6.80. The topological polar surface area (TPSA) is 94.1 Å². The molecule has 0 aliphatic carbocycles. The minimum absolute atomic E-state index is 0.224. The molecule has 5 rings (SSSR count). The summed E-state index contributed by atoms with van der Waals surface area (Å²) < 4.78 is 8.74. The van der Waals surface area contributed by atoms with Gasteiger partial charge in [0.2, 0.25) is 0 Å². The van der Waals surface area contributed by atoms with Crippen LogP contribution in [0.4, 0.5) is 0 Å². The fourth-order valence-electron chi connectivity index (χ4n) is 4.69. The number of fused-ring (bicyclic) bond motifs is 1. The van der Waals surface area contributed by atoms with Gasteiger partial charge in [-0.15, -0.1) is 11.3 Å². The maximum absolute atomic E-state index is 13.8. The van der Waals surface area contributed by atoms with Crippen molar-refractivity contribution in [1.29, 1.82) is 5.26 Å². The second-order valence-corrected chi connectivity index (χ2v) is 11.4. The van der Waals surface area contributed by atoms with E-state index < -0.39 is 11.2 Å². The largest absolute Gasteiger partial charge is 0.493 e. The number of ether oxygens (including phenoxy) is 1. The summed E-state index contributed by atoms with van der Waals surface area (Å²) in [5, 5.41) is 9.89. The molecular weight excluding hydrogens is 602 g/mol. The van der Waals surface area contributed by atoms with Crippen LogP contribution in [0.5, 0.6) is 5.75 Å². The Balaban J connectivity index is 1.53. The van der Waals surface area contributed by atoms with Crippen LogP contribution in [0.3, 0.4) is 0 Å². The van der Waals surface area contributed by atoms with Gasteiger partial charge in [-0.25, -0.2) is 4.79 Å². The number of Topliss-reactive ketones (excluding diaryl/α,β-unsaturated/α-hetero) is 1. The summed E-state index contributed by atoms with van der Waals surface area (Å²) >= 11 is 4.84. The summed E-state index contributed by atoms with van der Waals surface area (Å²) in [6.45, 7) is 4.20. The standard InChI is InChI=1S/C32H26BrN3O4S/c1-3-24-16-26-30(38)35(19-28(37)22-13-14-29(40-4-2)27(33)15-22)32(39)36(31(26)41-24)18-20-9-11-21(12-10-20)25-8-6-5-7-23(25)17-34/h5-16H,3-4,18-19H2,1-2H3. The van der Waals surface area contributed by atoms with Gasteiger partial charge in [0, 0.05) is 10.4 Å². The van der Waals surface area contributed by atoms with Crippen molar-refractivity contribution in [1.82, 2.24) is 9.13 Å². The van der Waals surface area contributed by atoms with Gasteiger partial charge >= 0.3 is 5.69 Å². The molecule has 206 valence electrons. The van der Waals surface area contributed by atoms with Crippen LogP contribution in [0.2, 0.25) is 0 Å². The molecule has 0 N–H and O–H groups in total. The highest BCUT2D eigenvalue weighted by molar-refractivity contribution is 9.10. The third kappa shape index (κ3) is 5.67. The van der Waals surface area contributed by atoms with Crippen molar-refractivity contribution in [3.63, 3.8) is 0 Å². The average Bonchev–Trinajstić information content (AvgIpc) is 3.43. The molecule has 9 heteroatoms. The molecule has 7 nitrogen and oxygen atoms in total. The van der Waals surface area contributed by atoms with Gasteiger partial charge in [0.15, 0.2) is 5.78 Å². The monoisotopic (exact) mass is 627 g/mol. The number of carbonyl (C=O) groups is 1. The number of hydrogen-bond acceptors (Lipinski definition) is 6. The van der Waals surface area contributed by atoms with Gasteiger partial charge in [-0.2, -0.15) is 5.26 Å². The molecule has 0 radical (unpaired) electrons. The van der Waals surface area contributed by atoms with Gasteiger partial charge in [-0.1, -0.05) is 49.4 Å². The minimum atomic E-state index is -0.538. The molecule has 0 fully saturated rings. The van der Waals surface area contributed by atoms with E-state index in [0.717, 1.165) is 32.6 Å². The van der Waals surface area contributed by atoms with Crippen molar-refractivity contribution in [2.45, 2.75) is 33.4 Å². The van der Waals surface area contributed by atoms with Crippen LogP contribution in [0.15, 0.2) is 86.9 Å². The number of carbonyl (C=O) groups excluding carboxylic acids is 1. The van der Waals surface area contributed by atoms with E-state index in [1.165, 1.54) is 11.3 Å². The molecule has 0 bridgehead atoms. The zero-order valence-electron chi connectivity index (χ0n) is 22.5. The van der Waals surface area contributed by atoms with Crippen molar-refractivity contribution >= 4 is 43.3 Å². The fraction of sp³-hybridized carbons (Fsp3) is 0.188. The summed E-state index contributed by atoms with van der Waals surface area (Å²) in [6, 6.07) is 24.0. The van der Waals surface area contributed by atoms with E-state index in [-0.39, 0.29) is 18.9 Å². The van der Waals surface area contributed by atoms with Gasteiger partial charge in [0.05, 0.1) is 41.2 Å². The zero-order chi connectivity index (χ0) is 29.1. The average molecular weight is 629 g/mol. The Morgan fingerprint density at radius 2 is 1.76 bits per heavy atom. The Kier molecular flexibility index (Phi) is 8.34. The van der Waals surface area contributed by atoms with Crippen molar-refractivity contribution < 1.29 is 9.53 Å². The molecule has 3 aromatic carbocycles. The first-order chi connectivity index (χ1) is 19.8. The molecule has 0 saturated heterocycles. The molecule has 0 unspecified atom stereocenters. The lowest BCUT2D eigenvalue weighted by Crippen LogP contribution is -2.41. The SMILES string of the molecule is CCOc1ccc(C(=O)Cn2c(=O)c3cc(CC)sc3n(Cc3ccc(-c4ccccc4C#N)cc3)c2=O)cc1Br. The van der Waals surface area contributed by atoms with E-state index in [4.69, 9.17) is 4.74 Å². The van der Waals surface area contributed by atoms with Gasteiger partial charge in [0.1, 0.15) is 10.6 Å². The van der Waals surface area contributed by atoms with Crippen LogP contribution < -0.4 is 16.0 Å². The first-order valence-corrected chi connectivity index (χ1v) is 14.8. The van der Waals surface area contributed by atoms with Gasteiger partial charge in [-0.05, 0) is 76.3 Å². The summed E-state index contributed by atoms with van der Waals surface area (Å²) in [5.41, 5.74) is 2.52. The van der Waals surface area contributed by atoms with E-state index >= 15 is 0 Å². The maximum atomic E-state index is 13.8. The summed E-state index contributed by atoms with van der Waals surface area (Å²) in [5.74, 6) is 0.253. The number of thiophene rings is 1. The van der Waals surface area contributed by atoms with Crippen molar-refractivity contribution in [2.24, 2.45) is 0 Å². The number of halogens is 1. The molecule has 0 spiro atoms. The molecule has 5 aromatic rings. The van der Waals surface area contributed by atoms with Crippen LogP contribution in [0, 0.1) is 11.3 Å². The number of ketones is 1. The van der Waals surface area contributed by atoms with Crippen LogP contribution in [-0.2, 0) is 19.5 Å². The Bertz CT molecular complexity index is 1930. The van der Waals surface area contributed by atoms with Crippen molar-refractivity contribution in [2.75, 3.05) is 6.61 Å². The highest BCUT2D eigenvalue weighted by Gasteiger charge is 2.20. The van der Waals surface area contributed by atoms with E-state index in [0.29, 0.717) is 38.2 Å². The van der Waals surface area contributed by atoms with E-state index in [9.17, 15) is 19.6 Å². The maximum Gasteiger partial charge on any atom is 0.332 e. The van der Waals surface area contributed by atoms with Crippen LogP contribution in [-0.4, -0.2) is 21.5 Å². The predicted octanol–water partition coefficient (Wildman–Crippen LogP) is 6.42. The lowest BCUT2D eigenvalue weighted by molar-refractivity contribution is 0.0968. The van der Waals surface area contributed by atoms with E-state index in [1.807, 2.05) is 62.4 Å². The number of hydrogen-bond donors (Lipinski definition) is 0.